The molecule has 33 heavy (non-hydrogen) atoms. The Morgan fingerprint density at radius 3 is 2.52 bits per heavy atom. The summed E-state index contributed by atoms with van der Waals surface area (Å²) >= 11 is 0. The van der Waals surface area contributed by atoms with Crippen LogP contribution >= 0.6 is 0 Å². The molecule has 0 aromatic heterocycles. The van der Waals surface area contributed by atoms with Gasteiger partial charge in [0, 0.05) is 29.0 Å². The first-order valence-corrected chi connectivity index (χ1v) is 10.9. The molecule has 1 unspecified atom stereocenters. The van der Waals surface area contributed by atoms with Crippen LogP contribution in [-0.4, -0.2) is 37.6 Å². The highest BCUT2D eigenvalue weighted by Gasteiger charge is 2.45. The number of anilines is 2. The molecule has 7 nitrogen and oxygen atoms in total. The minimum absolute atomic E-state index is 0.00694. The van der Waals surface area contributed by atoms with Crippen LogP contribution in [0.1, 0.15) is 43.7 Å². The van der Waals surface area contributed by atoms with Crippen LogP contribution < -0.4 is 15.1 Å². The van der Waals surface area contributed by atoms with Crippen LogP contribution in [0.3, 0.4) is 0 Å². The Hall–Kier alpha value is -3.49. The van der Waals surface area contributed by atoms with Crippen molar-refractivity contribution in [3.8, 4) is 0 Å². The number of hydrogen-bond donors (Lipinski definition) is 1. The molecule has 1 heterocycles. The van der Waals surface area contributed by atoms with Gasteiger partial charge in [0.05, 0.1) is 7.11 Å². The lowest BCUT2D eigenvalue weighted by molar-refractivity contribution is -0.124. The molecular weight excluding hydrogens is 432 g/mol. The molecule has 2 aromatic rings. The first-order valence-electron chi connectivity index (χ1n) is 10.9. The molecule has 4 rings (SSSR count). The molecule has 0 spiro atoms. The Balaban J connectivity index is 1.76. The van der Waals surface area contributed by atoms with Crippen LogP contribution in [0, 0.1) is 11.6 Å². The molecule has 1 N–H and O–H groups in total. The number of amides is 3. The molecule has 0 saturated heterocycles. The number of fused-ring (bicyclic) bond motifs is 1. The third-order valence-corrected chi connectivity index (χ3v) is 6.18. The van der Waals surface area contributed by atoms with Crippen molar-refractivity contribution in [3.63, 3.8) is 0 Å². The van der Waals surface area contributed by atoms with E-state index in [0.717, 1.165) is 56.2 Å². The van der Waals surface area contributed by atoms with Crippen molar-refractivity contribution in [1.82, 2.24) is 5.32 Å². The van der Waals surface area contributed by atoms with Crippen molar-refractivity contribution < 1.29 is 27.9 Å². The van der Waals surface area contributed by atoms with Crippen molar-refractivity contribution in [1.29, 1.82) is 0 Å². The quantitative estimate of drug-likeness (QED) is 0.734. The van der Waals surface area contributed by atoms with Gasteiger partial charge in [-0.3, -0.25) is 14.5 Å². The van der Waals surface area contributed by atoms with E-state index >= 15 is 0 Å². The number of alkyl carbamates (subject to hydrolysis) is 1. The number of carbonyl (C=O) groups is 3. The molecule has 1 saturated carbocycles. The Kier molecular flexibility index (Phi) is 6.57. The van der Waals surface area contributed by atoms with E-state index in [1.807, 2.05) is 12.1 Å². The standard InChI is InChI=1S/C24H25F2N3O4/c1-33-24(32)27-14-21(30)29(16-11-12-18(25)19(26)13-16)22-17-9-5-6-10-20(17)28(23(22)31)15-7-3-2-4-8-15/h5-6,9-13,15,22H,2-4,7-8,14H2,1H3,(H,27,32). The number of ether oxygens (including phenoxy) is 1. The minimum Gasteiger partial charge on any atom is -0.453 e. The number of para-hydroxylation sites is 1. The monoisotopic (exact) mass is 457 g/mol. The molecule has 1 fully saturated rings. The van der Waals surface area contributed by atoms with E-state index in [2.05, 4.69) is 10.1 Å². The van der Waals surface area contributed by atoms with Crippen LogP contribution in [0.5, 0.6) is 0 Å². The maximum Gasteiger partial charge on any atom is 0.407 e. The maximum atomic E-state index is 14.1. The van der Waals surface area contributed by atoms with Gasteiger partial charge < -0.3 is 15.0 Å². The first kappa shape index (κ1) is 22.7. The summed E-state index contributed by atoms with van der Waals surface area (Å²) in [7, 11) is 1.16. The van der Waals surface area contributed by atoms with Gasteiger partial charge in [-0.15, -0.1) is 0 Å². The SMILES string of the molecule is COC(=O)NCC(=O)N(c1ccc(F)c(F)c1)C1C(=O)N(C2CCCCC2)c2ccccc21. The number of methoxy groups -OCH3 is 1. The molecule has 9 heteroatoms. The van der Waals surface area contributed by atoms with Crippen LogP contribution in [0.4, 0.5) is 25.0 Å². The van der Waals surface area contributed by atoms with Crippen molar-refractivity contribution in [2.24, 2.45) is 0 Å². The fourth-order valence-corrected chi connectivity index (χ4v) is 4.66. The minimum atomic E-state index is -1.14. The average Bonchev–Trinajstić information content (AvgIpc) is 3.12. The van der Waals surface area contributed by atoms with Crippen LogP contribution in [0.2, 0.25) is 0 Å². The number of carbonyl (C=O) groups excluding carboxylic acids is 3. The van der Waals surface area contributed by atoms with Gasteiger partial charge in [-0.05, 0) is 31.0 Å². The molecular formula is C24H25F2N3O4. The first-order chi connectivity index (χ1) is 15.9. The second kappa shape index (κ2) is 9.56. The summed E-state index contributed by atoms with van der Waals surface area (Å²) in [5, 5.41) is 2.30. The fourth-order valence-electron chi connectivity index (χ4n) is 4.66. The van der Waals surface area contributed by atoms with Gasteiger partial charge in [0.2, 0.25) is 5.91 Å². The summed E-state index contributed by atoms with van der Waals surface area (Å²) in [4.78, 5) is 41.4. The predicted octanol–water partition coefficient (Wildman–Crippen LogP) is 4.07. The number of nitrogens with zero attached hydrogens (tertiary/aromatic N) is 2. The molecule has 2 aliphatic rings. The lowest BCUT2D eigenvalue weighted by Crippen LogP contribution is -2.48. The van der Waals surface area contributed by atoms with E-state index in [9.17, 15) is 23.2 Å². The van der Waals surface area contributed by atoms with Gasteiger partial charge >= 0.3 is 6.09 Å². The van der Waals surface area contributed by atoms with Gasteiger partial charge in [0.15, 0.2) is 11.6 Å². The molecule has 1 aliphatic carbocycles. The van der Waals surface area contributed by atoms with Crippen molar-refractivity contribution in [3.05, 3.63) is 59.7 Å². The van der Waals surface area contributed by atoms with E-state index in [0.29, 0.717) is 11.3 Å². The highest BCUT2D eigenvalue weighted by molar-refractivity contribution is 6.12. The molecule has 2 aromatic carbocycles. The summed E-state index contributed by atoms with van der Waals surface area (Å²) in [6.07, 6.45) is 4.02. The van der Waals surface area contributed by atoms with Gasteiger partial charge in [0.1, 0.15) is 12.6 Å². The third kappa shape index (κ3) is 4.40. The van der Waals surface area contributed by atoms with Gasteiger partial charge in [0.25, 0.3) is 5.91 Å². The lowest BCUT2D eigenvalue weighted by Gasteiger charge is -2.33. The Labute approximate surface area is 190 Å². The normalized spacial score (nSPS) is 18.1. The van der Waals surface area contributed by atoms with Gasteiger partial charge in [-0.2, -0.15) is 0 Å². The zero-order chi connectivity index (χ0) is 23.5. The average molecular weight is 457 g/mol. The number of hydrogen-bond acceptors (Lipinski definition) is 4. The topological polar surface area (TPSA) is 79.0 Å². The number of nitrogens with one attached hydrogen (secondary N) is 1. The Morgan fingerprint density at radius 1 is 1.09 bits per heavy atom. The summed E-state index contributed by atoms with van der Waals surface area (Å²) in [6, 6.07) is 9.15. The molecule has 3 amide bonds. The number of benzene rings is 2. The van der Waals surface area contributed by atoms with E-state index in [-0.39, 0.29) is 17.6 Å². The smallest absolute Gasteiger partial charge is 0.407 e. The van der Waals surface area contributed by atoms with E-state index in [1.54, 1.807) is 17.0 Å². The highest BCUT2D eigenvalue weighted by atomic mass is 19.2. The van der Waals surface area contributed by atoms with Crippen molar-refractivity contribution >= 4 is 29.3 Å². The molecule has 174 valence electrons. The second-order valence-corrected chi connectivity index (χ2v) is 8.17. The zero-order valence-electron chi connectivity index (χ0n) is 18.2. The van der Waals surface area contributed by atoms with E-state index < -0.39 is 36.2 Å². The second-order valence-electron chi connectivity index (χ2n) is 8.17. The fraction of sp³-hybridized carbons (Fsp3) is 0.375. The van der Waals surface area contributed by atoms with Gasteiger partial charge in [-0.1, -0.05) is 37.5 Å². The zero-order valence-corrected chi connectivity index (χ0v) is 18.2. The molecule has 0 bridgehead atoms. The van der Waals surface area contributed by atoms with Crippen molar-refractivity contribution in [2.45, 2.75) is 44.2 Å². The lowest BCUT2D eigenvalue weighted by atomic mass is 9.94. The number of halogens is 2. The summed E-state index contributed by atoms with van der Waals surface area (Å²) in [6.45, 7) is -0.485. The number of rotatable bonds is 5. The van der Waals surface area contributed by atoms with Gasteiger partial charge in [-0.25, -0.2) is 13.6 Å². The highest BCUT2D eigenvalue weighted by Crippen LogP contribution is 2.44. The van der Waals surface area contributed by atoms with Crippen LogP contribution in [-0.2, 0) is 14.3 Å². The van der Waals surface area contributed by atoms with Crippen LogP contribution in [0.15, 0.2) is 42.5 Å². The Bertz CT molecular complexity index is 1070. The maximum absolute atomic E-state index is 14.1. The summed E-state index contributed by atoms with van der Waals surface area (Å²) in [5.41, 5.74) is 1.33. The molecule has 0 radical (unpaired) electrons. The van der Waals surface area contributed by atoms with E-state index in [4.69, 9.17) is 0 Å². The van der Waals surface area contributed by atoms with Crippen LogP contribution in [0.25, 0.3) is 0 Å². The Morgan fingerprint density at radius 2 is 1.82 bits per heavy atom. The summed E-state index contributed by atoms with van der Waals surface area (Å²) in [5.74, 6) is -3.18. The van der Waals surface area contributed by atoms with Crippen molar-refractivity contribution in [2.75, 3.05) is 23.5 Å². The predicted molar refractivity (Wildman–Crippen MR) is 118 cm³/mol. The molecule has 1 aliphatic heterocycles. The third-order valence-electron chi connectivity index (χ3n) is 6.18. The summed E-state index contributed by atoms with van der Waals surface area (Å²) < 4.78 is 32.3. The largest absolute Gasteiger partial charge is 0.453 e. The van der Waals surface area contributed by atoms with E-state index in [1.165, 1.54) is 6.07 Å². The molecule has 1 atom stereocenters.